The number of hydrogen-bond acceptors (Lipinski definition) is 5. The van der Waals surface area contributed by atoms with Crippen molar-refractivity contribution in [2.24, 2.45) is 0 Å². The van der Waals surface area contributed by atoms with E-state index in [1.807, 2.05) is 13.0 Å². The van der Waals surface area contributed by atoms with E-state index in [1.54, 1.807) is 0 Å². The van der Waals surface area contributed by atoms with E-state index in [9.17, 15) is 8.42 Å². The van der Waals surface area contributed by atoms with Crippen molar-refractivity contribution in [3.05, 3.63) is 29.8 Å². The molecule has 1 atom stereocenters. The number of nitriles is 1. The molecule has 1 fully saturated rings. The summed E-state index contributed by atoms with van der Waals surface area (Å²) in [5.41, 5.74) is 0.464. The van der Waals surface area contributed by atoms with Crippen molar-refractivity contribution in [2.75, 3.05) is 32.0 Å². The van der Waals surface area contributed by atoms with E-state index in [0.717, 1.165) is 13.1 Å². The maximum Gasteiger partial charge on any atom is 0.179 e. The zero-order valence-corrected chi connectivity index (χ0v) is 12.3. The lowest BCUT2D eigenvalue weighted by atomic mass is 10.2. The molecule has 1 aliphatic heterocycles. The third-order valence-electron chi connectivity index (χ3n) is 3.34. The highest BCUT2D eigenvalue weighted by Gasteiger charge is 2.20. The molecule has 1 aromatic rings. The molecule has 5 nitrogen and oxygen atoms in total. The molecule has 0 saturated carbocycles. The molecule has 0 spiro atoms. The highest BCUT2D eigenvalue weighted by molar-refractivity contribution is 7.91. The molecule has 6 heteroatoms. The van der Waals surface area contributed by atoms with Crippen LogP contribution in [0.2, 0.25) is 0 Å². The minimum atomic E-state index is -3.29. The van der Waals surface area contributed by atoms with Gasteiger partial charge in [0.1, 0.15) is 0 Å². The van der Waals surface area contributed by atoms with Gasteiger partial charge in [0.05, 0.1) is 35.0 Å². The number of morpholine rings is 1. The lowest BCUT2D eigenvalue weighted by Gasteiger charge is -2.30. The van der Waals surface area contributed by atoms with Gasteiger partial charge < -0.3 is 4.74 Å². The second-order valence-corrected chi connectivity index (χ2v) is 7.05. The molecule has 0 N–H and O–H groups in total. The zero-order valence-electron chi connectivity index (χ0n) is 11.4. The fourth-order valence-electron chi connectivity index (χ4n) is 2.20. The summed E-state index contributed by atoms with van der Waals surface area (Å²) in [6.07, 6.45) is 0.154. The smallest absolute Gasteiger partial charge is 0.179 e. The van der Waals surface area contributed by atoms with Gasteiger partial charge in [-0.05, 0) is 31.2 Å². The van der Waals surface area contributed by atoms with Crippen LogP contribution in [0, 0.1) is 11.3 Å². The zero-order chi connectivity index (χ0) is 14.6. The molecule has 108 valence electrons. The van der Waals surface area contributed by atoms with Crippen LogP contribution < -0.4 is 0 Å². The molecule has 1 aliphatic rings. The molecule has 2 rings (SSSR count). The maximum absolute atomic E-state index is 12.2. The van der Waals surface area contributed by atoms with Gasteiger partial charge in [-0.3, -0.25) is 4.90 Å². The summed E-state index contributed by atoms with van der Waals surface area (Å²) in [6, 6.07) is 8.03. The highest BCUT2D eigenvalue weighted by Crippen LogP contribution is 2.13. The van der Waals surface area contributed by atoms with Crippen molar-refractivity contribution >= 4 is 9.84 Å². The topological polar surface area (TPSA) is 70.4 Å². The molecule has 0 radical (unpaired) electrons. The Morgan fingerprint density at radius 2 is 2.10 bits per heavy atom. The number of sulfone groups is 1. The Kier molecular flexibility index (Phi) is 4.76. The first-order chi connectivity index (χ1) is 9.51. The van der Waals surface area contributed by atoms with E-state index in [0.29, 0.717) is 18.7 Å². The minimum Gasteiger partial charge on any atom is -0.376 e. The van der Waals surface area contributed by atoms with Crippen LogP contribution in [0.15, 0.2) is 29.2 Å². The molecule has 1 saturated heterocycles. The van der Waals surface area contributed by atoms with Gasteiger partial charge in [0.25, 0.3) is 0 Å². The number of rotatable bonds is 4. The Hall–Kier alpha value is -1.42. The van der Waals surface area contributed by atoms with Gasteiger partial charge in [-0.25, -0.2) is 8.42 Å². The lowest BCUT2D eigenvalue weighted by molar-refractivity contribution is -0.0160. The predicted molar refractivity (Wildman–Crippen MR) is 75.1 cm³/mol. The Labute approximate surface area is 119 Å². The molecule has 1 unspecified atom stereocenters. The monoisotopic (exact) mass is 294 g/mol. The Balaban J connectivity index is 1.98. The molecule has 0 aromatic heterocycles. The Bertz CT molecular complexity index is 590. The molecular weight excluding hydrogens is 276 g/mol. The average molecular weight is 294 g/mol. The van der Waals surface area contributed by atoms with Crippen molar-refractivity contribution in [3.63, 3.8) is 0 Å². The van der Waals surface area contributed by atoms with Gasteiger partial charge in [0.2, 0.25) is 0 Å². The third kappa shape index (κ3) is 3.79. The van der Waals surface area contributed by atoms with Crippen LogP contribution >= 0.6 is 0 Å². The summed E-state index contributed by atoms with van der Waals surface area (Å²) < 4.78 is 29.9. The van der Waals surface area contributed by atoms with E-state index in [-0.39, 0.29) is 16.8 Å². The van der Waals surface area contributed by atoms with Crippen molar-refractivity contribution < 1.29 is 13.2 Å². The maximum atomic E-state index is 12.2. The average Bonchev–Trinajstić information content (AvgIpc) is 2.45. The summed E-state index contributed by atoms with van der Waals surface area (Å²) in [6.45, 7) is 4.69. The summed E-state index contributed by atoms with van der Waals surface area (Å²) >= 11 is 0. The van der Waals surface area contributed by atoms with Crippen molar-refractivity contribution in [1.82, 2.24) is 4.90 Å². The predicted octanol–water partition coefficient (Wildman–Crippen LogP) is 1.05. The van der Waals surface area contributed by atoms with Crippen LogP contribution in [-0.2, 0) is 14.6 Å². The van der Waals surface area contributed by atoms with E-state index < -0.39 is 9.84 Å². The second-order valence-electron chi connectivity index (χ2n) is 4.94. The number of nitrogens with zero attached hydrogens (tertiary/aromatic N) is 2. The molecule has 0 amide bonds. The van der Waals surface area contributed by atoms with Crippen LogP contribution in [0.3, 0.4) is 0 Å². The lowest BCUT2D eigenvalue weighted by Crippen LogP contribution is -2.43. The molecule has 0 aliphatic carbocycles. The third-order valence-corrected chi connectivity index (χ3v) is 5.05. The van der Waals surface area contributed by atoms with E-state index in [4.69, 9.17) is 10.00 Å². The SMILES string of the molecule is CC1CN(CCS(=O)(=O)c2ccc(C#N)cc2)CCO1. The van der Waals surface area contributed by atoms with E-state index in [2.05, 4.69) is 4.90 Å². The first kappa shape index (κ1) is 15.0. The number of ether oxygens (including phenoxy) is 1. The fraction of sp³-hybridized carbons (Fsp3) is 0.500. The summed E-state index contributed by atoms with van der Waals surface area (Å²) in [7, 11) is -3.29. The molecule has 20 heavy (non-hydrogen) atoms. The van der Waals surface area contributed by atoms with Gasteiger partial charge in [-0.2, -0.15) is 5.26 Å². The van der Waals surface area contributed by atoms with Crippen molar-refractivity contribution in [2.45, 2.75) is 17.9 Å². The first-order valence-electron chi connectivity index (χ1n) is 6.58. The minimum absolute atomic E-state index is 0.0889. The van der Waals surface area contributed by atoms with Gasteiger partial charge >= 0.3 is 0 Å². The fourth-order valence-corrected chi connectivity index (χ4v) is 3.48. The summed E-state index contributed by atoms with van der Waals surface area (Å²) in [5, 5.41) is 8.71. The first-order valence-corrected chi connectivity index (χ1v) is 8.23. The summed E-state index contributed by atoms with van der Waals surface area (Å²) in [4.78, 5) is 2.38. The van der Waals surface area contributed by atoms with E-state index in [1.165, 1.54) is 24.3 Å². The second kappa shape index (κ2) is 6.35. The molecular formula is C14H18N2O3S. The molecule has 1 aromatic carbocycles. The largest absolute Gasteiger partial charge is 0.376 e. The van der Waals surface area contributed by atoms with Gasteiger partial charge in [-0.15, -0.1) is 0 Å². The normalized spacial score (nSPS) is 20.5. The van der Waals surface area contributed by atoms with E-state index >= 15 is 0 Å². The standard InChI is InChI=1S/C14H18N2O3S/c1-12-11-16(6-8-19-12)7-9-20(17,18)14-4-2-13(10-15)3-5-14/h2-5,12H,6-9,11H2,1H3. The van der Waals surface area contributed by atoms with Crippen molar-refractivity contribution in [3.8, 4) is 6.07 Å². The molecule has 1 heterocycles. The van der Waals surface area contributed by atoms with Crippen LogP contribution in [-0.4, -0.2) is 51.4 Å². The molecule has 0 bridgehead atoms. The number of hydrogen-bond donors (Lipinski definition) is 0. The van der Waals surface area contributed by atoms with Gasteiger partial charge in [0, 0.05) is 19.6 Å². The van der Waals surface area contributed by atoms with Crippen LogP contribution in [0.1, 0.15) is 12.5 Å². The van der Waals surface area contributed by atoms with Crippen LogP contribution in [0.25, 0.3) is 0 Å². The van der Waals surface area contributed by atoms with Gasteiger partial charge in [-0.1, -0.05) is 0 Å². The Morgan fingerprint density at radius 3 is 2.70 bits per heavy atom. The summed E-state index contributed by atoms with van der Waals surface area (Å²) in [5.74, 6) is 0.0889. The Morgan fingerprint density at radius 1 is 1.40 bits per heavy atom. The van der Waals surface area contributed by atoms with Crippen molar-refractivity contribution in [1.29, 1.82) is 5.26 Å². The highest BCUT2D eigenvalue weighted by atomic mass is 32.2. The van der Waals surface area contributed by atoms with Crippen LogP contribution in [0.4, 0.5) is 0 Å². The number of benzene rings is 1. The van der Waals surface area contributed by atoms with Crippen LogP contribution in [0.5, 0.6) is 0 Å². The van der Waals surface area contributed by atoms with Gasteiger partial charge in [0.15, 0.2) is 9.84 Å². The quantitative estimate of drug-likeness (QED) is 0.830.